The van der Waals surface area contributed by atoms with Gasteiger partial charge in [0, 0.05) is 11.6 Å². The van der Waals surface area contributed by atoms with Crippen LogP contribution in [0.3, 0.4) is 0 Å². The predicted octanol–water partition coefficient (Wildman–Crippen LogP) is 4.30. The van der Waals surface area contributed by atoms with Crippen molar-refractivity contribution in [2.75, 3.05) is 13.7 Å². The second kappa shape index (κ2) is 10.1. The van der Waals surface area contributed by atoms with Crippen molar-refractivity contribution in [1.82, 2.24) is 4.57 Å². The van der Waals surface area contributed by atoms with E-state index in [9.17, 15) is 9.59 Å². The molecular weight excluding hydrogens is 544 g/mol. The van der Waals surface area contributed by atoms with Crippen LogP contribution in [0.1, 0.15) is 29.9 Å². The first kappa shape index (κ1) is 24.0. The van der Waals surface area contributed by atoms with Crippen LogP contribution in [0.4, 0.5) is 0 Å². The molecular formula is C27H21BrN2O5S. The largest absolute Gasteiger partial charge is 0.497 e. The first-order valence-electron chi connectivity index (χ1n) is 11.2. The summed E-state index contributed by atoms with van der Waals surface area (Å²) in [5.41, 5.74) is 1.99. The fourth-order valence-corrected chi connectivity index (χ4v) is 5.38. The highest BCUT2D eigenvalue weighted by Gasteiger charge is 2.35. The van der Waals surface area contributed by atoms with E-state index >= 15 is 0 Å². The lowest BCUT2D eigenvalue weighted by Crippen LogP contribution is -2.40. The summed E-state index contributed by atoms with van der Waals surface area (Å²) in [6, 6.07) is 19.5. The first-order valence-corrected chi connectivity index (χ1v) is 12.8. The molecule has 1 unspecified atom stereocenters. The number of esters is 1. The normalized spacial score (nSPS) is 15.4. The molecule has 4 aromatic rings. The second-order valence-electron chi connectivity index (χ2n) is 7.85. The van der Waals surface area contributed by atoms with E-state index < -0.39 is 12.0 Å². The summed E-state index contributed by atoms with van der Waals surface area (Å²) in [6.07, 6.45) is 1.68. The molecule has 0 fully saturated rings. The number of hydrogen-bond donors (Lipinski definition) is 0. The Balaban J connectivity index is 1.82. The molecule has 7 nitrogen and oxygen atoms in total. The number of thiazole rings is 1. The lowest BCUT2D eigenvalue weighted by atomic mass is 9.93. The molecule has 0 bridgehead atoms. The number of nitrogens with zero attached hydrogens (tertiary/aromatic N) is 2. The molecule has 0 radical (unpaired) electrons. The van der Waals surface area contributed by atoms with Crippen molar-refractivity contribution in [3.05, 3.63) is 114 Å². The molecule has 0 spiro atoms. The van der Waals surface area contributed by atoms with E-state index in [4.69, 9.17) is 18.9 Å². The Bertz CT molecular complexity index is 1630. The molecule has 1 atom stereocenters. The minimum Gasteiger partial charge on any atom is -0.497 e. The molecule has 2 aromatic heterocycles. The molecule has 182 valence electrons. The Labute approximate surface area is 218 Å². The molecule has 2 aromatic carbocycles. The van der Waals surface area contributed by atoms with Gasteiger partial charge in [-0.25, -0.2) is 9.79 Å². The van der Waals surface area contributed by atoms with Gasteiger partial charge in [-0.2, -0.15) is 0 Å². The lowest BCUT2D eigenvalue weighted by Gasteiger charge is -2.26. The van der Waals surface area contributed by atoms with Gasteiger partial charge in [0.1, 0.15) is 11.5 Å². The van der Waals surface area contributed by atoms with Crippen molar-refractivity contribution in [3.63, 3.8) is 0 Å². The van der Waals surface area contributed by atoms with Gasteiger partial charge in [0.05, 0.1) is 35.6 Å². The van der Waals surface area contributed by atoms with E-state index in [2.05, 4.69) is 15.9 Å². The van der Waals surface area contributed by atoms with Crippen molar-refractivity contribution in [3.8, 4) is 5.75 Å². The minimum absolute atomic E-state index is 0.192. The van der Waals surface area contributed by atoms with Crippen LogP contribution in [-0.4, -0.2) is 24.3 Å². The number of benzene rings is 2. The fourth-order valence-electron chi connectivity index (χ4n) is 4.08. The van der Waals surface area contributed by atoms with Crippen LogP contribution in [0, 0.1) is 0 Å². The minimum atomic E-state index is -0.744. The molecule has 0 amide bonds. The Kier molecular flexibility index (Phi) is 6.75. The van der Waals surface area contributed by atoms with E-state index in [-0.39, 0.29) is 12.2 Å². The van der Waals surface area contributed by atoms with Crippen LogP contribution < -0.4 is 19.6 Å². The predicted molar refractivity (Wildman–Crippen MR) is 140 cm³/mol. The maximum Gasteiger partial charge on any atom is 0.338 e. The van der Waals surface area contributed by atoms with Gasteiger partial charge in [-0.15, -0.1) is 0 Å². The van der Waals surface area contributed by atoms with Crippen molar-refractivity contribution in [1.29, 1.82) is 0 Å². The Morgan fingerprint density at radius 1 is 1.14 bits per heavy atom. The standard InChI is InChI=1S/C27H21BrN2O5S/c1-3-34-26(32)22-23(16-7-5-4-6-8-16)29-27-30(24(22)17-9-11-18(33-2)12-10-17)25(31)20(36-27)15-19-13-14-21(28)35-19/h4-15,24H,3H2,1-2H3. The molecule has 0 saturated heterocycles. The third kappa shape index (κ3) is 4.47. The summed E-state index contributed by atoms with van der Waals surface area (Å²) >= 11 is 4.53. The zero-order valence-electron chi connectivity index (χ0n) is 19.4. The fraction of sp³-hybridized carbons (Fsp3) is 0.148. The number of aromatic nitrogens is 1. The van der Waals surface area contributed by atoms with Crippen LogP contribution in [0.2, 0.25) is 0 Å². The van der Waals surface area contributed by atoms with Crippen molar-refractivity contribution in [2.24, 2.45) is 4.99 Å². The molecule has 1 aliphatic rings. The third-order valence-corrected chi connectivity index (χ3v) is 7.08. The van der Waals surface area contributed by atoms with Gasteiger partial charge < -0.3 is 13.9 Å². The van der Waals surface area contributed by atoms with Crippen LogP contribution >= 0.6 is 27.3 Å². The van der Waals surface area contributed by atoms with Gasteiger partial charge in [0.2, 0.25) is 0 Å². The van der Waals surface area contributed by atoms with E-state index in [1.54, 1.807) is 48.9 Å². The topological polar surface area (TPSA) is 83.0 Å². The number of ether oxygens (including phenoxy) is 2. The number of rotatable bonds is 6. The Morgan fingerprint density at radius 2 is 1.89 bits per heavy atom. The van der Waals surface area contributed by atoms with E-state index in [1.165, 1.54) is 11.3 Å². The highest BCUT2D eigenvalue weighted by molar-refractivity contribution is 9.10. The summed E-state index contributed by atoms with van der Waals surface area (Å²) in [4.78, 5) is 32.4. The number of carbonyl (C=O) groups excluding carboxylic acids is 1. The third-order valence-electron chi connectivity index (χ3n) is 5.67. The molecule has 3 heterocycles. The SMILES string of the molecule is CCOC(=O)C1=C(c2ccccc2)N=c2sc(=Cc3ccc(Br)o3)c(=O)n2C1c1ccc(OC)cc1. The van der Waals surface area contributed by atoms with Crippen LogP contribution in [0.25, 0.3) is 11.8 Å². The van der Waals surface area contributed by atoms with E-state index in [0.717, 1.165) is 11.1 Å². The van der Waals surface area contributed by atoms with Gasteiger partial charge in [-0.05, 0) is 52.7 Å². The average Bonchev–Trinajstić information content (AvgIpc) is 3.45. The highest BCUT2D eigenvalue weighted by Crippen LogP contribution is 2.35. The van der Waals surface area contributed by atoms with Crippen molar-refractivity contribution in [2.45, 2.75) is 13.0 Å². The summed E-state index contributed by atoms with van der Waals surface area (Å²) in [6.45, 7) is 1.94. The van der Waals surface area contributed by atoms with Gasteiger partial charge in [0.25, 0.3) is 5.56 Å². The monoisotopic (exact) mass is 564 g/mol. The number of hydrogen-bond acceptors (Lipinski definition) is 7. The molecule has 0 aliphatic carbocycles. The van der Waals surface area contributed by atoms with Gasteiger partial charge >= 0.3 is 5.97 Å². The highest BCUT2D eigenvalue weighted by atomic mass is 79.9. The summed E-state index contributed by atoms with van der Waals surface area (Å²) < 4.78 is 18.9. The molecule has 36 heavy (non-hydrogen) atoms. The molecule has 0 saturated carbocycles. The van der Waals surface area contributed by atoms with Gasteiger partial charge in [-0.1, -0.05) is 53.8 Å². The van der Waals surface area contributed by atoms with Gasteiger partial charge in [0.15, 0.2) is 9.47 Å². The van der Waals surface area contributed by atoms with Crippen LogP contribution in [0.5, 0.6) is 5.75 Å². The number of methoxy groups -OCH3 is 1. The van der Waals surface area contributed by atoms with Crippen molar-refractivity contribution >= 4 is 45.0 Å². The average molecular weight is 565 g/mol. The Hall–Kier alpha value is -3.69. The first-order chi connectivity index (χ1) is 17.5. The van der Waals surface area contributed by atoms with Crippen LogP contribution in [-0.2, 0) is 9.53 Å². The summed E-state index contributed by atoms with van der Waals surface area (Å²) in [5.74, 6) is 0.672. The maximum absolute atomic E-state index is 13.7. The maximum atomic E-state index is 13.7. The number of fused-ring (bicyclic) bond motifs is 1. The zero-order chi connectivity index (χ0) is 25.2. The second-order valence-corrected chi connectivity index (χ2v) is 9.64. The molecule has 1 aliphatic heterocycles. The quantitative estimate of drug-likeness (QED) is 0.326. The van der Waals surface area contributed by atoms with E-state index in [0.29, 0.717) is 36.8 Å². The summed E-state index contributed by atoms with van der Waals surface area (Å²) in [7, 11) is 1.59. The lowest BCUT2D eigenvalue weighted by molar-refractivity contribution is -0.138. The summed E-state index contributed by atoms with van der Waals surface area (Å²) in [5, 5.41) is 0. The molecule has 5 rings (SSSR count). The molecule has 9 heteroatoms. The van der Waals surface area contributed by atoms with Crippen LogP contribution in [0.15, 0.2) is 91.2 Å². The number of carbonyl (C=O) groups is 1. The number of halogens is 1. The zero-order valence-corrected chi connectivity index (χ0v) is 21.8. The van der Waals surface area contributed by atoms with Gasteiger partial charge in [-0.3, -0.25) is 9.36 Å². The smallest absolute Gasteiger partial charge is 0.338 e. The van der Waals surface area contributed by atoms with Crippen molar-refractivity contribution < 1.29 is 18.7 Å². The Morgan fingerprint density at radius 3 is 2.53 bits per heavy atom. The molecule has 0 N–H and O–H groups in total. The number of furan rings is 1. The van der Waals surface area contributed by atoms with E-state index in [1.807, 2.05) is 42.5 Å².